The fourth-order valence-electron chi connectivity index (χ4n) is 3.57. The van der Waals surface area contributed by atoms with Crippen molar-refractivity contribution in [1.82, 2.24) is 9.80 Å². The highest BCUT2D eigenvalue weighted by Crippen LogP contribution is 2.33. The lowest BCUT2D eigenvalue weighted by Crippen LogP contribution is -2.45. The minimum atomic E-state index is -0.432. The van der Waals surface area contributed by atoms with Crippen LogP contribution in [0.1, 0.15) is 11.3 Å². The van der Waals surface area contributed by atoms with Crippen LogP contribution in [-0.2, 0) is 22.6 Å². The number of halogens is 1. The maximum atomic E-state index is 13.4. The number of nitrogens with zero attached hydrogens (tertiary/aromatic N) is 2. The molecule has 3 amide bonds. The second-order valence-electron chi connectivity index (χ2n) is 7.87. The van der Waals surface area contributed by atoms with Gasteiger partial charge in [0.1, 0.15) is 12.3 Å². The van der Waals surface area contributed by atoms with Crippen molar-refractivity contribution in [3.05, 3.63) is 77.2 Å². The zero-order valence-electron chi connectivity index (χ0n) is 19.2. The van der Waals surface area contributed by atoms with Gasteiger partial charge in [0, 0.05) is 30.9 Å². The van der Waals surface area contributed by atoms with Crippen LogP contribution in [0, 0.1) is 0 Å². The van der Waals surface area contributed by atoms with Crippen LogP contribution in [0.25, 0.3) is 0 Å². The molecule has 4 rings (SSSR count). The number of methoxy groups -OCH3 is 1. The predicted molar refractivity (Wildman–Crippen MR) is 129 cm³/mol. The first kappa shape index (κ1) is 24.4. The molecule has 1 aromatic heterocycles. The number of hydrogen-bond acceptors (Lipinski definition) is 6. The van der Waals surface area contributed by atoms with Gasteiger partial charge in [0.15, 0.2) is 11.5 Å². The molecular formula is C25H26ClN3O6. The fourth-order valence-corrected chi connectivity index (χ4v) is 3.76. The van der Waals surface area contributed by atoms with E-state index in [1.165, 1.54) is 12.0 Å². The Morgan fingerprint density at radius 1 is 1.03 bits per heavy atom. The van der Waals surface area contributed by atoms with Gasteiger partial charge in [-0.05, 0) is 48.0 Å². The number of ether oxygens (including phenoxy) is 3. The first-order chi connectivity index (χ1) is 17.0. The van der Waals surface area contributed by atoms with E-state index in [2.05, 4.69) is 5.32 Å². The molecular weight excluding hydrogens is 474 g/mol. The maximum absolute atomic E-state index is 13.4. The summed E-state index contributed by atoms with van der Waals surface area (Å²) in [4.78, 5) is 29.5. The number of anilines is 1. The van der Waals surface area contributed by atoms with Gasteiger partial charge in [-0.25, -0.2) is 4.79 Å². The second-order valence-corrected chi connectivity index (χ2v) is 8.31. The third-order valence-corrected chi connectivity index (χ3v) is 5.58. The number of fused-ring (bicyclic) bond motifs is 1. The van der Waals surface area contributed by atoms with E-state index in [4.69, 9.17) is 30.2 Å². The van der Waals surface area contributed by atoms with E-state index in [0.29, 0.717) is 34.5 Å². The number of rotatable bonds is 10. The summed E-state index contributed by atoms with van der Waals surface area (Å²) in [7, 11) is 1.54. The van der Waals surface area contributed by atoms with Gasteiger partial charge in [0.25, 0.3) is 0 Å². The van der Waals surface area contributed by atoms with E-state index in [1.807, 2.05) is 18.2 Å². The van der Waals surface area contributed by atoms with Gasteiger partial charge in [-0.15, -0.1) is 0 Å². The molecule has 0 radical (unpaired) electrons. The number of carbonyl (C=O) groups excluding carboxylic acids is 2. The zero-order valence-corrected chi connectivity index (χ0v) is 20.0. The number of amides is 3. The number of urea groups is 1. The van der Waals surface area contributed by atoms with E-state index < -0.39 is 6.03 Å². The molecule has 0 saturated carbocycles. The van der Waals surface area contributed by atoms with E-state index >= 15 is 0 Å². The molecule has 3 aromatic rings. The van der Waals surface area contributed by atoms with Crippen LogP contribution in [0.3, 0.4) is 0 Å². The molecule has 1 aliphatic heterocycles. The smallest absolute Gasteiger partial charge is 0.322 e. The molecule has 0 spiro atoms. The number of furan rings is 1. The molecule has 0 atom stereocenters. The molecule has 0 fully saturated rings. The summed E-state index contributed by atoms with van der Waals surface area (Å²) in [6, 6.07) is 15.5. The van der Waals surface area contributed by atoms with E-state index in [9.17, 15) is 9.59 Å². The molecule has 0 unspecified atom stereocenters. The summed E-state index contributed by atoms with van der Waals surface area (Å²) in [5.74, 6) is 1.68. The molecule has 0 aliphatic carbocycles. The van der Waals surface area contributed by atoms with E-state index in [0.717, 1.165) is 5.56 Å². The first-order valence-corrected chi connectivity index (χ1v) is 11.4. The van der Waals surface area contributed by atoms with Gasteiger partial charge in [-0.1, -0.05) is 23.7 Å². The van der Waals surface area contributed by atoms with Crippen LogP contribution in [0.15, 0.2) is 65.3 Å². The third-order valence-electron chi connectivity index (χ3n) is 5.34. The molecule has 2 heterocycles. The molecule has 35 heavy (non-hydrogen) atoms. The Morgan fingerprint density at radius 3 is 2.66 bits per heavy atom. The predicted octanol–water partition coefficient (Wildman–Crippen LogP) is 4.37. The van der Waals surface area contributed by atoms with Crippen molar-refractivity contribution in [2.75, 3.05) is 38.9 Å². The van der Waals surface area contributed by atoms with Crippen molar-refractivity contribution in [2.24, 2.45) is 0 Å². The lowest BCUT2D eigenvalue weighted by molar-refractivity contribution is -0.133. The monoisotopic (exact) mass is 499 g/mol. The summed E-state index contributed by atoms with van der Waals surface area (Å²) in [5, 5.41) is 3.28. The maximum Gasteiger partial charge on any atom is 0.322 e. The largest absolute Gasteiger partial charge is 0.467 e. The lowest BCUT2D eigenvalue weighted by Gasteiger charge is -2.27. The minimum Gasteiger partial charge on any atom is -0.467 e. The van der Waals surface area contributed by atoms with Crippen molar-refractivity contribution in [3.8, 4) is 11.5 Å². The van der Waals surface area contributed by atoms with Crippen molar-refractivity contribution in [1.29, 1.82) is 0 Å². The summed E-state index contributed by atoms with van der Waals surface area (Å²) >= 11 is 6.03. The normalized spacial score (nSPS) is 11.8. The van der Waals surface area contributed by atoms with Gasteiger partial charge >= 0.3 is 6.03 Å². The third kappa shape index (κ3) is 6.68. The Hall–Kier alpha value is -3.69. The number of benzene rings is 2. The number of carbonyl (C=O) groups is 2. The van der Waals surface area contributed by atoms with Crippen LogP contribution in [0.4, 0.5) is 10.5 Å². The van der Waals surface area contributed by atoms with Gasteiger partial charge in [-0.3, -0.25) is 4.79 Å². The quantitative estimate of drug-likeness (QED) is 0.445. The average molecular weight is 500 g/mol. The molecule has 1 N–H and O–H groups in total. The molecule has 9 nitrogen and oxygen atoms in total. The average Bonchev–Trinajstić information content (AvgIpc) is 3.53. The van der Waals surface area contributed by atoms with E-state index in [1.54, 1.807) is 47.6 Å². The summed E-state index contributed by atoms with van der Waals surface area (Å²) in [5.41, 5.74) is 1.39. The van der Waals surface area contributed by atoms with Crippen LogP contribution in [0.5, 0.6) is 11.5 Å². The Labute approximate surface area is 208 Å². The Morgan fingerprint density at radius 2 is 1.89 bits per heavy atom. The highest BCUT2D eigenvalue weighted by molar-refractivity contribution is 6.30. The minimum absolute atomic E-state index is 0.152. The number of nitrogens with one attached hydrogen (secondary N) is 1. The van der Waals surface area contributed by atoms with Crippen molar-refractivity contribution in [3.63, 3.8) is 0 Å². The van der Waals surface area contributed by atoms with E-state index in [-0.39, 0.29) is 38.9 Å². The summed E-state index contributed by atoms with van der Waals surface area (Å²) in [6.45, 7) is 1.06. The van der Waals surface area contributed by atoms with Crippen molar-refractivity contribution in [2.45, 2.75) is 13.1 Å². The highest BCUT2D eigenvalue weighted by Gasteiger charge is 2.23. The molecule has 184 valence electrons. The van der Waals surface area contributed by atoms with Gasteiger partial charge in [0.2, 0.25) is 12.7 Å². The van der Waals surface area contributed by atoms with Gasteiger partial charge in [-0.2, -0.15) is 0 Å². The SMILES string of the molecule is COCCN(CC(=O)N(Cc1ccc2c(c1)OCO2)Cc1ccco1)C(=O)Nc1cccc(Cl)c1. The van der Waals surface area contributed by atoms with Gasteiger partial charge < -0.3 is 33.7 Å². The lowest BCUT2D eigenvalue weighted by atomic mass is 10.2. The molecule has 0 saturated heterocycles. The van der Waals surface area contributed by atoms with Crippen LogP contribution in [0.2, 0.25) is 5.02 Å². The van der Waals surface area contributed by atoms with Gasteiger partial charge in [0.05, 0.1) is 19.4 Å². The Bertz CT molecular complexity index is 1150. The fraction of sp³-hybridized carbons (Fsp3) is 0.280. The standard InChI is InChI=1S/C25H26ClN3O6/c1-32-11-9-28(25(31)27-20-5-2-4-19(26)13-20)16-24(30)29(15-21-6-3-10-33-21)14-18-7-8-22-23(12-18)35-17-34-22/h2-8,10,12-13H,9,11,14-17H2,1H3,(H,27,31). The Kier molecular flexibility index (Phi) is 8.12. The molecule has 0 bridgehead atoms. The number of hydrogen-bond donors (Lipinski definition) is 1. The van der Waals surface area contributed by atoms with Crippen LogP contribution < -0.4 is 14.8 Å². The first-order valence-electron chi connectivity index (χ1n) is 11.0. The topological polar surface area (TPSA) is 93.5 Å². The summed E-state index contributed by atoms with van der Waals surface area (Å²) in [6.07, 6.45) is 1.56. The Balaban J connectivity index is 1.49. The highest BCUT2D eigenvalue weighted by atomic mass is 35.5. The van der Waals surface area contributed by atoms with Crippen molar-refractivity contribution >= 4 is 29.2 Å². The van der Waals surface area contributed by atoms with Crippen LogP contribution >= 0.6 is 11.6 Å². The van der Waals surface area contributed by atoms with Crippen LogP contribution in [-0.4, -0.2) is 55.3 Å². The second kappa shape index (κ2) is 11.6. The molecule has 1 aliphatic rings. The molecule has 10 heteroatoms. The molecule has 2 aromatic carbocycles. The zero-order chi connectivity index (χ0) is 24.6. The van der Waals surface area contributed by atoms with Crippen molar-refractivity contribution < 1.29 is 28.2 Å². The summed E-state index contributed by atoms with van der Waals surface area (Å²) < 4.78 is 21.5.